The number of benzene rings is 1. The van der Waals surface area contributed by atoms with Crippen LogP contribution in [0.3, 0.4) is 0 Å². The molecule has 1 aromatic carbocycles. The molecule has 1 aromatic rings. The molecule has 2 atom stereocenters. The third-order valence-electron chi connectivity index (χ3n) is 5.50. The maximum atomic E-state index is 12.8. The predicted octanol–water partition coefficient (Wildman–Crippen LogP) is 2.66. The average Bonchev–Trinajstić information content (AvgIpc) is 2.70. The van der Waals surface area contributed by atoms with Crippen LogP contribution in [0.15, 0.2) is 24.3 Å². The van der Waals surface area contributed by atoms with Gasteiger partial charge in [0.15, 0.2) is 0 Å². The molecule has 168 valence electrons. The zero-order valence-electron chi connectivity index (χ0n) is 17.3. The normalized spacial score (nSPS) is 16.5. The van der Waals surface area contributed by atoms with E-state index in [1.807, 2.05) is 26.0 Å². The van der Waals surface area contributed by atoms with Crippen LogP contribution >= 0.6 is 24.0 Å². The molecule has 2 rings (SSSR count). The summed E-state index contributed by atoms with van der Waals surface area (Å²) < 4.78 is 0. The van der Waals surface area contributed by atoms with Crippen molar-refractivity contribution < 1.29 is 19.5 Å². The molecule has 4 N–H and O–H groups in total. The fourth-order valence-corrected chi connectivity index (χ4v) is 3.53. The van der Waals surface area contributed by atoms with Crippen molar-refractivity contribution in [3.05, 3.63) is 34.9 Å². The number of likely N-dealkylation sites (tertiary alicyclic amines) is 1. The number of nitrogens with zero attached hydrogens (tertiary/aromatic N) is 1. The van der Waals surface area contributed by atoms with Gasteiger partial charge in [-0.15, -0.1) is 12.4 Å². The molecule has 0 aromatic heterocycles. The van der Waals surface area contributed by atoms with Crippen LogP contribution in [-0.2, 0) is 14.4 Å². The molecule has 7 nitrogen and oxygen atoms in total. The molecule has 0 unspecified atom stereocenters. The number of nitrogens with one attached hydrogen (secondary N) is 1. The van der Waals surface area contributed by atoms with Gasteiger partial charge in [-0.25, -0.2) is 0 Å². The van der Waals surface area contributed by atoms with Gasteiger partial charge in [-0.3, -0.25) is 14.4 Å². The summed E-state index contributed by atoms with van der Waals surface area (Å²) in [6, 6.07) is 6.62. The van der Waals surface area contributed by atoms with Gasteiger partial charge in [-0.1, -0.05) is 37.6 Å². The van der Waals surface area contributed by atoms with E-state index in [4.69, 9.17) is 22.4 Å². The van der Waals surface area contributed by atoms with E-state index in [2.05, 4.69) is 5.32 Å². The number of rotatable bonds is 8. The monoisotopic (exact) mass is 459 g/mol. The van der Waals surface area contributed by atoms with Crippen LogP contribution in [0.25, 0.3) is 0 Å². The highest BCUT2D eigenvalue weighted by Gasteiger charge is 2.29. The Labute approximate surface area is 188 Å². The van der Waals surface area contributed by atoms with Crippen LogP contribution in [0.2, 0.25) is 5.02 Å². The molecule has 2 amide bonds. The number of nitrogens with two attached hydrogens (primary N) is 1. The molecule has 0 bridgehead atoms. The van der Waals surface area contributed by atoms with E-state index in [1.165, 1.54) is 0 Å². The first-order valence-corrected chi connectivity index (χ1v) is 10.4. The Kier molecular flexibility index (Phi) is 10.6. The molecule has 1 heterocycles. The lowest BCUT2D eigenvalue weighted by molar-refractivity contribution is -0.145. The number of hydrogen-bond acceptors (Lipinski definition) is 4. The topological polar surface area (TPSA) is 113 Å². The number of hydrogen-bond donors (Lipinski definition) is 3. The lowest BCUT2D eigenvalue weighted by Gasteiger charge is -2.31. The zero-order chi connectivity index (χ0) is 21.6. The third-order valence-corrected chi connectivity index (χ3v) is 5.75. The smallest absolute Gasteiger partial charge is 0.306 e. The summed E-state index contributed by atoms with van der Waals surface area (Å²) >= 11 is 5.98. The number of carbonyl (C=O) groups is 3. The molecule has 0 saturated carbocycles. The van der Waals surface area contributed by atoms with Gasteiger partial charge in [-0.2, -0.15) is 0 Å². The Morgan fingerprint density at radius 3 is 2.27 bits per heavy atom. The molecular formula is C21H31Cl2N3O4. The Bertz CT molecular complexity index is 719. The minimum atomic E-state index is -0.805. The summed E-state index contributed by atoms with van der Waals surface area (Å²) in [6.07, 6.45) is 1.15. The molecule has 0 radical (unpaired) electrons. The van der Waals surface area contributed by atoms with E-state index in [1.54, 1.807) is 17.0 Å². The second-order valence-corrected chi connectivity index (χ2v) is 8.40. The van der Waals surface area contributed by atoms with Gasteiger partial charge in [0.1, 0.15) is 0 Å². The molecule has 1 aliphatic heterocycles. The SMILES string of the molecule is CC(C)[C@H](N)C(=O)NC[C@H](CC(=O)N1CCC(C(=O)O)CC1)c1ccc(Cl)cc1.Cl. The van der Waals surface area contributed by atoms with Crippen molar-refractivity contribution in [2.24, 2.45) is 17.6 Å². The van der Waals surface area contributed by atoms with E-state index >= 15 is 0 Å². The first-order chi connectivity index (χ1) is 13.7. The minimum absolute atomic E-state index is 0. The average molecular weight is 460 g/mol. The van der Waals surface area contributed by atoms with Gasteiger partial charge in [-0.05, 0) is 36.5 Å². The summed E-state index contributed by atoms with van der Waals surface area (Å²) in [5.41, 5.74) is 6.81. The molecule has 1 aliphatic rings. The van der Waals surface area contributed by atoms with Gasteiger partial charge in [0.2, 0.25) is 11.8 Å². The second-order valence-electron chi connectivity index (χ2n) is 7.96. The van der Waals surface area contributed by atoms with Crippen LogP contribution in [0, 0.1) is 11.8 Å². The van der Waals surface area contributed by atoms with E-state index in [-0.39, 0.29) is 54.9 Å². The van der Waals surface area contributed by atoms with Crippen LogP contribution in [0.5, 0.6) is 0 Å². The number of piperidine rings is 1. The number of aliphatic carboxylic acids is 1. The number of carboxylic acid groups (broad SMARTS) is 1. The van der Waals surface area contributed by atoms with E-state index in [0.29, 0.717) is 31.0 Å². The zero-order valence-corrected chi connectivity index (χ0v) is 18.9. The quantitative estimate of drug-likeness (QED) is 0.552. The predicted molar refractivity (Wildman–Crippen MR) is 119 cm³/mol. The summed E-state index contributed by atoms with van der Waals surface area (Å²) in [5.74, 6) is -1.69. The molecule has 0 spiro atoms. The van der Waals surface area contributed by atoms with E-state index < -0.39 is 12.0 Å². The van der Waals surface area contributed by atoms with Crippen molar-refractivity contribution in [3.8, 4) is 0 Å². The van der Waals surface area contributed by atoms with Crippen molar-refractivity contribution in [1.29, 1.82) is 0 Å². The Hall–Kier alpha value is -1.83. The van der Waals surface area contributed by atoms with Gasteiger partial charge in [0, 0.05) is 37.0 Å². The van der Waals surface area contributed by atoms with Crippen LogP contribution in [0.4, 0.5) is 0 Å². The van der Waals surface area contributed by atoms with Crippen LogP contribution < -0.4 is 11.1 Å². The van der Waals surface area contributed by atoms with Crippen LogP contribution in [0.1, 0.15) is 44.6 Å². The van der Waals surface area contributed by atoms with Gasteiger partial charge in [0.05, 0.1) is 12.0 Å². The summed E-state index contributed by atoms with van der Waals surface area (Å²) in [4.78, 5) is 37.9. The number of carboxylic acids is 1. The fraction of sp³-hybridized carbons (Fsp3) is 0.571. The highest BCUT2D eigenvalue weighted by atomic mass is 35.5. The van der Waals surface area contributed by atoms with Crippen molar-refractivity contribution in [2.75, 3.05) is 19.6 Å². The van der Waals surface area contributed by atoms with Crippen molar-refractivity contribution >= 4 is 41.8 Å². The van der Waals surface area contributed by atoms with Crippen LogP contribution in [-0.4, -0.2) is 53.5 Å². The van der Waals surface area contributed by atoms with E-state index in [9.17, 15) is 14.4 Å². The minimum Gasteiger partial charge on any atom is -0.481 e. The number of halogens is 2. The maximum Gasteiger partial charge on any atom is 0.306 e. The first-order valence-electron chi connectivity index (χ1n) is 9.98. The highest BCUT2D eigenvalue weighted by Crippen LogP contribution is 2.24. The second kappa shape index (κ2) is 12.1. The van der Waals surface area contributed by atoms with Crippen molar-refractivity contribution in [1.82, 2.24) is 10.2 Å². The summed E-state index contributed by atoms with van der Waals surface area (Å²) in [7, 11) is 0. The fourth-order valence-electron chi connectivity index (χ4n) is 3.40. The number of amides is 2. The molecule has 9 heteroatoms. The lowest BCUT2D eigenvalue weighted by atomic mass is 9.93. The number of carbonyl (C=O) groups excluding carboxylic acids is 2. The Balaban J connectivity index is 0.00000450. The molecular weight excluding hydrogens is 429 g/mol. The van der Waals surface area contributed by atoms with E-state index in [0.717, 1.165) is 5.56 Å². The highest BCUT2D eigenvalue weighted by molar-refractivity contribution is 6.30. The molecule has 1 saturated heterocycles. The largest absolute Gasteiger partial charge is 0.481 e. The lowest BCUT2D eigenvalue weighted by Crippen LogP contribution is -2.46. The molecule has 0 aliphatic carbocycles. The molecule has 30 heavy (non-hydrogen) atoms. The standard InChI is InChI=1S/C21H30ClN3O4.ClH/c1-13(2)19(23)20(27)24-12-16(14-3-5-17(22)6-4-14)11-18(26)25-9-7-15(8-10-25)21(28)29;/h3-6,13,15-16,19H,7-12,23H2,1-2H3,(H,24,27)(H,28,29);1H/t16-,19-;/m0./s1. The Morgan fingerprint density at radius 1 is 1.20 bits per heavy atom. The summed E-state index contributed by atoms with van der Waals surface area (Å²) in [6.45, 7) is 4.93. The summed E-state index contributed by atoms with van der Waals surface area (Å²) in [5, 5.41) is 12.6. The van der Waals surface area contributed by atoms with Crippen molar-refractivity contribution in [3.63, 3.8) is 0 Å². The van der Waals surface area contributed by atoms with Gasteiger partial charge >= 0.3 is 5.97 Å². The Morgan fingerprint density at radius 2 is 1.77 bits per heavy atom. The molecule has 1 fully saturated rings. The third kappa shape index (κ3) is 7.45. The maximum absolute atomic E-state index is 12.8. The first kappa shape index (κ1) is 26.2. The van der Waals surface area contributed by atoms with Crippen molar-refractivity contribution in [2.45, 2.75) is 45.1 Å². The van der Waals surface area contributed by atoms with Gasteiger partial charge in [0.25, 0.3) is 0 Å². The van der Waals surface area contributed by atoms with Gasteiger partial charge < -0.3 is 21.1 Å².